The molecule has 0 unspecified atom stereocenters. The molecule has 2 aliphatic rings. The average molecular weight is 365 g/mol. The minimum atomic E-state index is -0.372. The number of amides is 2. The Morgan fingerprint density at radius 1 is 0.963 bits per heavy atom. The molecule has 1 saturated heterocycles. The van der Waals surface area contributed by atoms with Gasteiger partial charge in [-0.25, -0.2) is 4.39 Å². The number of imide groups is 1. The molecule has 0 atom stereocenters. The first kappa shape index (κ1) is 17.4. The van der Waals surface area contributed by atoms with Gasteiger partial charge in [0.2, 0.25) is 0 Å². The Morgan fingerprint density at radius 2 is 1.70 bits per heavy atom. The second kappa shape index (κ2) is 7.31. The summed E-state index contributed by atoms with van der Waals surface area (Å²) in [7, 11) is 0. The minimum absolute atomic E-state index is 0.174. The van der Waals surface area contributed by atoms with Crippen LogP contribution in [0.15, 0.2) is 54.5 Å². The van der Waals surface area contributed by atoms with Gasteiger partial charge in [0.25, 0.3) is 11.8 Å². The summed E-state index contributed by atoms with van der Waals surface area (Å²) in [6.07, 6.45) is 6.40. The third-order valence-corrected chi connectivity index (χ3v) is 5.01. The summed E-state index contributed by atoms with van der Waals surface area (Å²) in [4.78, 5) is 33.7. The lowest BCUT2D eigenvalue weighted by Gasteiger charge is -2.29. The number of carbonyl (C=O) groups excluding carboxylic acids is 2. The van der Waals surface area contributed by atoms with E-state index in [0.29, 0.717) is 16.8 Å². The van der Waals surface area contributed by atoms with Crippen LogP contribution in [0.3, 0.4) is 0 Å². The summed E-state index contributed by atoms with van der Waals surface area (Å²) in [6.45, 7) is 1.67. The maximum absolute atomic E-state index is 13.4. The van der Waals surface area contributed by atoms with E-state index in [4.69, 9.17) is 0 Å². The van der Waals surface area contributed by atoms with Gasteiger partial charge in [0.05, 0.1) is 12.1 Å². The summed E-state index contributed by atoms with van der Waals surface area (Å²) in [5.41, 5.74) is 2.17. The first-order valence-electron chi connectivity index (χ1n) is 9.15. The van der Waals surface area contributed by atoms with Crippen molar-refractivity contribution in [3.05, 3.63) is 71.4 Å². The molecule has 6 heteroatoms. The predicted molar refractivity (Wildman–Crippen MR) is 98.5 cm³/mol. The molecule has 0 spiro atoms. The van der Waals surface area contributed by atoms with Crippen molar-refractivity contribution in [3.63, 3.8) is 0 Å². The van der Waals surface area contributed by atoms with Crippen LogP contribution in [-0.2, 0) is 16.1 Å². The largest absolute Gasteiger partial charge is 0.366 e. The second-order valence-corrected chi connectivity index (χ2v) is 6.84. The maximum Gasteiger partial charge on any atom is 0.278 e. The van der Waals surface area contributed by atoms with Crippen LogP contribution in [0, 0.1) is 5.82 Å². The molecular formula is C21H20FN3O2. The Morgan fingerprint density at radius 3 is 2.37 bits per heavy atom. The number of aromatic nitrogens is 1. The minimum Gasteiger partial charge on any atom is -0.366 e. The number of benzene rings is 1. The summed E-state index contributed by atoms with van der Waals surface area (Å²) in [6, 6.07) is 9.38. The zero-order chi connectivity index (χ0) is 18.8. The highest BCUT2D eigenvalue weighted by Crippen LogP contribution is 2.33. The lowest BCUT2D eigenvalue weighted by Crippen LogP contribution is -2.36. The molecule has 138 valence electrons. The number of likely N-dealkylation sites (tertiary alicyclic amines) is 1. The van der Waals surface area contributed by atoms with Crippen LogP contribution < -0.4 is 0 Å². The van der Waals surface area contributed by atoms with Crippen molar-refractivity contribution in [3.8, 4) is 0 Å². The fourth-order valence-corrected chi connectivity index (χ4v) is 3.67. The number of hydrogen-bond acceptors (Lipinski definition) is 4. The SMILES string of the molecule is O=C1C(c2ccc(F)cc2)=C(N2CCCCC2)C(=O)N1Cc1cccnc1. The molecular weight excluding hydrogens is 345 g/mol. The molecule has 2 aliphatic heterocycles. The molecule has 4 rings (SSSR count). The molecule has 0 aliphatic carbocycles. The van der Waals surface area contributed by atoms with E-state index in [0.717, 1.165) is 37.9 Å². The van der Waals surface area contributed by atoms with E-state index in [1.54, 1.807) is 30.6 Å². The van der Waals surface area contributed by atoms with Crippen molar-refractivity contribution < 1.29 is 14.0 Å². The van der Waals surface area contributed by atoms with Gasteiger partial charge in [0.15, 0.2) is 0 Å². The molecule has 1 aromatic carbocycles. The molecule has 0 radical (unpaired) electrons. The van der Waals surface area contributed by atoms with E-state index in [9.17, 15) is 14.0 Å². The lowest BCUT2D eigenvalue weighted by atomic mass is 10.0. The number of pyridine rings is 1. The molecule has 0 bridgehead atoms. The monoisotopic (exact) mass is 365 g/mol. The van der Waals surface area contributed by atoms with Crippen molar-refractivity contribution in [1.82, 2.24) is 14.8 Å². The summed E-state index contributed by atoms with van der Waals surface area (Å²) < 4.78 is 13.4. The molecule has 3 heterocycles. The van der Waals surface area contributed by atoms with Crippen LogP contribution >= 0.6 is 0 Å². The summed E-state index contributed by atoms with van der Waals surface area (Å²) in [5, 5.41) is 0. The second-order valence-electron chi connectivity index (χ2n) is 6.84. The molecule has 1 aromatic heterocycles. The number of carbonyl (C=O) groups is 2. The number of nitrogens with zero attached hydrogens (tertiary/aromatic N) is 3. The van der Waals surface area contributed by atoms with Gasteiger partial charge < -0.3 is 4.90 Å². The van der Waals surface area contributed by atoms with Crippen LogP contribution in [0.25, 0.3) is 5.57 Å². The van der Waals surface area contributed by atoms with E-state index >= 15 is 0 Å². The van der Waals surface area contributed by atoms with Gasteiger partial charge in [-0.2, -0.15) is 0 Å². The third-order valence-electron chi connectivity index (χ3n) is 5.01. The lowest BCUT2D eigenvalue weighted by molar-refractivity contribution is -0.138. The van der Waals surface area contributed by atoms with E-state index in [-0.39, 0.29) is 24.2 Å². The van der Waals surface area contributed by atoms with Crippen molar-refractivity contribution in [2.45, 2.75) is 25.8 Å². The molecule has 1 fully saturated rings. The Bertz CT molecular complexity index is 887. The van der Waals surface area contributed by atoms with E-state index < -0.39 is 0 Å². The highest BCUT2D eigenvalue weighted by Gasteiger charge is 2.41. The Balaban J connectivity index is 1.73. The van der Waals surface area contributed by atoms with Gasteiger partial charge in [0.1, 0.15) is 11.5 Å². The number of halogens is 1. The van der Waals surface area contributed by atoms with Gasteiger partial charge in [-0.3, -0.25) is 19.5 Å². The Labute approximate surface area is 157 Å². The number of piperidine rings is 1. The van der Waals surface area contributed by atoms with Crippen LogP contribution in [0.1, 0.15) is 30.4 Å². The Kier molecular flexibility index (Phi) is 4.71. The van der Waals surface area contributed by atoms with Gasteiger partial charge in [0, 0.05) is 25.5 Å². The molecule has 2 amide bonds. The fourth-order valence-electron chi connectivity index (χ4n) is 3.67. The topological polar surface area (TPSA) is 53.5 Å². The van der Waals surface area contributed by atoms with Gasteiger partial charge in [-0.05, 0) is 48.6 Å². The molecule has 0 N–H and O–H groups in total. The van der Waals surface area contributed by atoms with E-state index in [2.05, 4.69) is 4.98 Å². The maximum atomic E-state index is 13.4. The zero-order valence-electron chi connectivity index (χ0n) is 14.9. The van der Waals surface area contributed by atoms with Crippen molar-refractivity contribution in [2.75, 3.05) is 13.1 Å². The quantitative estimate of drug-likeness (QED) is 0.782. The smallest absolute Gasteiger partial charge is 0.278 e. The van der Waals surface area contributed by atoms with Crippen LogP contribution in [-0.4, -0.2) is 39.7 Å². The number of rotatable bonds is 4. The molecule has 0 saturated carbocycles. The third kappa shape index (κ3) is 3.35. The zero-order valence-corrected chi connectivity index (χ0v) is 14.9. The van der Waals surface area contributed by atoms with Crippen LogP contribution in [0.5, 0.6) is 0 Å². The first-order chi connectivity index (χ1) is 13.1. The van der Waals surface area contributed by atoms with Gasteiger partial charge >= 0.3 is 0 Å². The van der Waals surface area contributed by atoms with E-state index in [1.807, 2.05) is 11.0 Å². The molecule has 5 nitrogen and oxygen atoms in total. The fraction of sp³-hybridized carbons (Fsp3) is 0.286. The average Bonchev–Trinajstić information content (AvgIpc) is 2.95. The summed E-state index contributed by atoms with van der Waals surface area (Å²) >= 11 is 0. The highest BCUT2D eigenvalue weighted by atomic mass is 19.1. The van der Waals surface area contributed by atoms with E-state index in [1.165, 1.54) is 17.0 Å². The van der Waals surface area contributed by atoms with Crippen molar-refractivity contribution >= 4 is 17.4 Å². The highest BCUT2D eigenvalue weighted by molar-refractivity contribution is 6.35. The van der Waals surface area contributed by atoms with Crippen molar-refractivity contribution in [1.29, 1.82) is 0 Å². The van der Waals surface area contributed by atoms with Crippen LogP contribution in [0.2, 0.25) is 0 Å². The van der Waals surface area contributed by atoms with Gasteiger partial charge in [-0.1, -0.05) is 18.2 Å². The number of hydrogen-bond donors (Lipinski definition) is 0. The first-order valence-corrected chi connectivity index (χ1v) is 9.15. The van der Waals surface area contributed by atoms with Gasteiger partial charge in [-0.15, -0.1) is 0 Å². The normalized spacial score (nSPS) is 17.8. The molecule has 27 heavy (non-hydrogen) atoms. The summed E-state index contributed by atoms with van der Waals surface area (Å²) in [5.74, 6) is -0.996. The van der Waals surface area contributed by atoms with Crippen LogP contribution in [0.4, 0.5) is 4.39 Å². The molecule has 2 aromatic rings. The Hall–Kier alpha value is -3.02. The standard InChI is InChI=1S/C21H20FN3O2/c22-17-8-6-16(7-9-17)18-19(24-11-2-1-3-12-24)21(27)25(20(18)26)14-15-5-4-10-23-13-15/h4-10,13H,1-3,11-12,14H2. The predicted octanol–water partition coefficient (Wildman–Crippen LogP) is 2.99. The van der Waals surface area contributed by atoms with Crippen molar-refractivity contribution in [2.24, 2.45) is 0 Å².